The van der Waals surface area contributed by atoms with Gasteiger partial charge >= 0.3 is 0 Å². The molecular formula is C28H28BrN3O7. The third-order valence-corrected chi connectivity index (χ3v) is 5.69. The minimum atomic E-state index is -0.453. The van der Waals surface area contributed by atoms with Crippen LogP contribution < -0.4 is 24.4 Å². The zero-order valence-corrected chi connectivity index (χ0v) is 23.1. The van der Waals surface area contributed by atoms with E-state index in [2.05, 4.69) is 33.0 Å². The monoisotopic (exact) mass is 597 g/mol. The summed E-state index contributed by atoms with van der Waals surface area (Å²) in [4.78, 5) is 23.1. The summed E-state index contributed by atoms with van der Waals surface area (Å²) in [5, 5.41) is 14.9. The molecule has 204 valence electrons. The van der Waals surface area contributed by atoms with Gasteiger partial charge in [0.15, 0.2) is 23.0 Å². The second-order valence-corrected chi connectivity index (χ2v) is 8.72. The Kier molecular flexibility index (Phi) is 10.9. The van der Waals surface area contributed by atoms with Crippen molar-refractivity contribution in [2.45, 2.75) is 20.5 Å². The van der Waals surface area contributed by atoms with Gasteiger partial charge in [0.2, 0.25) is 0 Å². The van der Waals surface area contributed by atoms with Crippen LogP contribution in [0, 0.1) is 10.1 Å². The Morgan fingerprint density at radius 3 is 2.38 bits per heavy atom. The topological polar surface area (TPSA) is 122 Å². The van der Waals surface area contributed by atoms with Gasteiger partial charge in [-0.25, -0.2) is 5.43 Å². The molecule has 0 bridgehead atoms. The maximum atomic E-state index is 12.7. The highest BCUT2D eigenvalue weighted by Crippen LogP contribution is 2.37. The largest absolute Gasteiger partial charge is 0.490 e. The molecule has 1 amide bonds. The van der Waals surface area contributed by atoms with Gasteiger partial charge in [-0.15, -0.1) is 0 Å². The van der Waals surface area contributed by atoms with Crippen LogP contribution in [0.5, 0.6) is 23.0 Å². The fourth-order valence-corrected chi connectivity index (χ4v) is 3.92. The minimum Gasteiger partial charge on any atom is -0.490 e. The summed E-state index contributed by atoms with van der Waals surface area (Å²) in [7, 11) is 0. The van der Waals surface area contributed by atoms with Gasteiger partial charge in [0.25, 0.3) is 11.6 Å². The number of benzene rings is 3. The van der Waals surface area contributed by atoms with Crippen LogP contribution in [0.3, 0.4) is 0 Å². The zero-order chi connectivity index (χ0) is 28.2. The molecule has 0 aliphatic rings. The van der Waals surface area contributed by atoms with Crippen LogP contribution in [-0.2, 0) is 6.61 Å². The minimum absolute atomic E-state index is 0.00921. The van der Waals surface area contributed by atoms with Gasteiger partial charge in [0.05, 0.1) is 28.8 Å². The molecule has 0 unspecified atom stereocenters. The molecule has 0 saturated carbocycles. The van der Waals surface area contributed by atoms with Gasteiger partial charge in [0.1, 0.15) is 13.2 Å². The van der Waals surface area contributed by atoms with Crippen molar-refractivity contribution >= 4 is 33.7 Å². The lowest BCUT2D eigenvalue weighted by atomic mass is 10.2. The average molecular weight is 598 g/mol. The van der Waals surface area contributed by atoms with E-state index in [1.165, 1.54) is 18.3 Å². The van der Waals surface area contributed by atoms with Crippen molar-refractivity contribution < 1.29 is 28.7 Å². The molecule has 11 heteroatoms. The number of carbonyl (C=O) groups excluding carboxylic acids is 1. The van der Waals surface area contributed by atoms with Gasteiger partial charge in [-0.2, -0.15) is 5.10 Å². The van der Waals surface area contributed by atoms with Crippen LogP contribution in [0.15, 0.2) is 76.8 Å². The van der Waals surface area contributed by atoms with Crippen LogP contribution in [0.4, 0.5) is 5.69 Å². The van der Waals surface area contributed by atoms with Crippen LogP contribution in [0.25, 0.3) is 0 Å². The highest BCUT2D eigenvalue weighted by atomic mass is 79.9. The van der Waals surface area contributed by atoms with Crippen molar-refractivity contribution in [1.29, 1.82) is 0 Å². The van der Waals surface area contributed by atoms with Crippen LogP contribution in [0.1, 0.15) is 35.3 Å². The lowest BCUT2D eigenvalue weighted by Gasteiger charge is -2.14. The van der Waals surface area contributed by atoms with Crippen molar-refractivity contribution in [2.24, 2.45) is 5.10 Å². The number of nitrogens with zero attached hydrogens (tertiary/aromatic N) is 2. The van der Waals surface area contributed by atoms with E-state index >= 15 is 0 Å². The first-order valence-electron chi connectivity index (χ1n) is 12.0. The van der Waals surface area contributed by atoms with E-state index in [-0.39, 0.29) is 12.3 Å². The number of carbonyl (C=O) groups is 1. The van der Waals surface area contributed by atoms with Crippen molar-refractivity contribution in [3.63, 3.8) is 0 Å². The number of halogens is 1. The Hall–Kier alpha value is -4.38. The molecule has 10 nitrogen and oxygen atoms in total. The Balaban J connectivity index is 1.70. The third-order valence-electron chi connectivity index (χ3n) is 5.10. The summed E-state index contributed by atoms with van der Waals surface area (Å²) in [6.07, 6.45) is 3.11. The second kappa shape index (κ2) is 14.5. The van der Waals surface area contributed by atoms with Crippen molar-refractivity contribution in [3.8, 4) is 23.0 Å². The fourth-order valence-electron chi connectivity index (χ4n) is 3.35. The molecule has 39 heavy (non-hydrogen) atoms. The summed E-state index contributed by atoms with van der Waals surface area (Å²) < 4.78 is 23.5. The summed E-state index contributed by atoms with van der Waals surface area (Å²) in [6, 6.07) is 14.5. The molecule has 0 saturated heterocycles. The molecule has 0 spiro atoms. The van der Waals surface area contributed by atoms with E-state index in [4.69, 9.17) is 18.9 Å². The lowest BCUT2D eigenvalue weighted by molar-refractivity contribution is -0.384. The van der Waals surface area contributed by atoms with E-state index < -0.39 is 10.8 Å². The van der Waals surface area contributed by atoms with Gasteiger partial charge in [-0.3, -0.25) is 14.9 Å². The standard InChI is InChI=1S/C28H28BrN3O7/c1-4-13-38-24-12-9-21(16-25(24)36-5-2)28(33)31-30-17-20-14-23(29)27(26(15-20)37-6-3)39-18-19-7-10-22(11-8-19)32(34)35/h4,7-12,14-17H,1,5-6,13,18H2,2-3H3,(H,31,33)/b30-17+. The number of rotatable bonds is 14. The number of ether oxygens (including phenoxy) is 4. The van der Waals surface area contributed by atoms with E-state index in [1.807, 2.05) is 13.8 Å². The Morgan fingerprint density at radius 1 is 1.00 bits per heavy atom. The molecule has 1 N–H and O–H groups in total. The number of amides is 1. The number of non-ortho nitro benzene ring substituents is 1. The van der Waals surface area contributed by atoms with Gasteiger partial charge in [0, 0.05) is 17.7 Å². The van der Waals surface area contributed by atoms with Crippen LogP contribution in [-0.4, -0.2) is 36.9 Å². The highest BCUT2D eigenvalue weighted by molar-refractivity contribution is 9.10. The van der Waals surface area contributed by atoms with E-state index in [0.29, 0.717) is 58.4 Å². The number of nitro groups is 1. The number of nitrogens with one attached hydrogen (secondary N) is 1. The molecule has 0 heterocycles. The molecule has 3 aromatic rings. The summed E-state index contributed by atoms with van der Waals surface area (Å²) >= 11 is 3.50. The van der Waals surface area contributed by atoms with Crippen LogP contribution >= 0.6 is 15.9 Å². The number of hydrogen-bond acceptors (Lipinski definition) is 8. The van der Waals surface area contributed by atoms with Crippen molar-refractivity contribution in [2.75, 3.05) is 19.8 Å². The normalized spacial score (nSPS) is 10.6. The number of hydrazone groups is 1. The van der Waals surface area contributed by atoms with E-state index in [1.54, 1.807) is 48.5 Å². The van der Waals surface area contributed by atoms with Gasteiger partial charge < -0.3 is 18.9 Å². The summed E-state index contributed by atoms with van der Waals surface area (Å²) in [6.45, 7) is 8.62. The molecule has 0 atom stereocenters. The second-order valence-electron chi connectivity index (χ2n) is 7.87. The molecule has 3 rings (SSSR count). The predicted molar refractivity (Wildman–Crippen MR) is 151 cm³/mol. The SMILES string of the molecule is C=CCOc1ccc(C(=O)N/N=C/c2cc(Br)c(OCc3ccc([N+](=O)[O-])cc3)c(OCC)c2)cc1OCC. The van der Waals surface area contributed by atoms with Crippen LogP contribution in [0.2, 0.25) is 0 Å². The summed E-state index contributed by atoms with van der Waals surface area (Å²) in [5.74, 6) is 1.48. The Morgan fingerprint density at radius 2 is 1.72 bits per heavy atom. The average Bonchev–Trinajstić information content (AvgIpc) is 2.92. The molecule has 0 aromatic heterocycles. The smallest absolute Gasteiger partial charge is 0.271 e. The highest BCUT2D eigenvalue weighted by Gasteiger charge is 2.14. The Labute approximate surface area is 234 Å². The molecule has 0 radical (unpaired) electrons. The number of hydrogen-bond donors (Lipinski definition) is 1. The Bertz CT molecular complexity index is 1340. The molecular weight excluding hydrogens is 570 g/mol. The molecule has 0 aliphatic carbocycles. The molecule has 0 aliphatic heterocycles. The maximum absolute atomic E-state index is 12.7. The van der Waals surface area contributed by atoms with Crippen molar-refractivity contribution in [3.05, 3.63) is 98.5 Å². The maximum Gasteiger partial charge on any atom is 0.271 e. The first-order chi connectivity index (χ1) is 18.9. The third kappa shape index (κ3) is 8.30. The summed E-state index contributed by atoms with van der Waals surface area (Å²) in [5.41, 5.74) is 4.28. The fraction of sp³-hybridized carbons (Fsp3) is 0.214. The van der Waals surface area contributed by atoms with Gasteiger partial charge in [-0.1, -0.05) is 12.7 Å². The van der Waals surface area contributed by atoms with Crippen molar-refractivity contribution in [1.82, 2.24) is 5.43 Å². The van der Waals surface area contributed by atoms with Gasteiger partial charge in [-0.05, 0) is 83.4 Å². The first-order valence-corrected chi connectivity index (χ1v) is 12.8. The van der Waals surface area contributed by atoms with E-state index in [0.717, 1.165) is 5.56 Å². The quantitative estimate of drug-likeness (QED) is 0.104. The first kappa shape index (κ1) is 29.2. The molecule has 0 fully saturated rings. The van der Waals surface area contributed by atoms with E-state index in [9.17, 15) is 14.9 Å². The zero-order valence-electron chi connectivity index (χ0n) is 21.5. The molecule has 3 aromatic carbocycles. The number of nitro benzene ring substituents is 1. The lowest BCUT2D eigenvalue weighted by Crippen LogP contribution is -2.17. The predicted octanol–water partition coefficient (Wildman–Crippen LogP) is 6.06.